The first-order valence-electron chi connectivity index (χ1n) is 7.66. The summed E-state index contributed by atoms with van der Waals surface area (Å²) in [7, 11) is 0. The van der Waals surface area contributed by atoms with Gasteiger partial charge in [0.2, 0.25) is 0 Å². The minimum absolute atomic E-state index is 0.00538. The lowest BCUT2D eigenvalue weighted by Gasteiger charge is -2.32. The van der Waals surface area contributed by atoms with Gasteiger partial charge in [-0.05, 0) is 44.0 Å². The van der Waals surface area contributed by atoms with Crippen LogP contribution in [0.1, 0.15) is 19.8 Å². The Labute approximate surface area is 135 Å². The van der Waals surface area contributed by atoms with Gasteiger partial charge in [-0.1, -0.05) is 18.5 Å². The summed E-state index contributed by atoms with van der Waals surface area (Å²) < 4.78 is 18.4. The number of nitrogens with one attached hydrogen (secondary N) is 1. The maximum atomic E-state index is 13.0. The Morgan fingerprint density at radius 1 is 1.45 bits per heavy atom. The van der Waals surface area contributed by atoms with Crippen LogP contribution in [0.5, 0.6) is 5.75 Å². The highest BCUT2D eigenvalue weighted by molar-refractivity contribution is 6.30. The topological polar surface area (TPSA) is 41.6 Å². The molecule has 122 valence electrons. The predicted octanol–water partition coefficient (Wildman–Crippen LogP) is 2.71. The van der Waals surface area contributed by atoms with Crippen LogP contribution in [-0.4, -0.2) is 43.6 Å². The predicted molar refractivity (Wildman–Crippen MR) is 84.8 cm³/mol. The molecule has 0 bridgehead atoms. The van der Waals surface area contributed by atoms with E-state index in [1.807, 2.05) is 4.90 Å². The number of piperidine rings is 1. The first-order chi connectivity index (χ1) is 10.6. The van der Waals surface area contributed by atoms with Crippen LogP contribution in [0.2, 0.25) is 5.02 Å². The number of nitrogens with zero attached hydrogens (tertiary/aromatic N) is 1. The van der Waals surface area contributed by atoms with Crippen LogP contribution >= 0.6 is 11.6 Å². The maximum Gasteiger partial charge on any atom is 0.260 e. The molecule has 1 saturated heterocycles. The molecule has 1 N–H and O–H groups in total. The number of hydrogen-bond donors (Lipinski definition) is 1. The number of likely N-dealkylation sites (tertiary alicyclic amines) is 1. The number of amides is 1. The van der Waals surface area contributed by atoms with E-state index in [2.05, 4.69) is 12.2 Å². The normalized spacial score (nSPS) is 15.9. The highest BCUT2D eigenvalue weighted by atomic mass is 35.5. The highest BCUT2D eigenvalue weighted by Gasteiger charge is 2.22. The van der Waals surface area contributed by atoms with Crippen molar-refractivity contribution in [2.45, 2.75) is 19.8 Å². The Balaban J connectivity index is 1.75. The molecule has 0 unspecified atom stereocenters. The molecule has 1 aliphatic heterocycles. The lowest BCUT2D eigenvalue weighted by Crippen LogP contribution is -2.42. The number of hydrogen-bond acceptors (Lipinski definition) is 3. The Morgan fingerprint density at radius 2 is 2.18 bits per heavy atom. The molecule has 1 fully saturated rings. The van der Waals surface area contributed by atoms with Crippen molar-refractivity contribution in [2.75, 3.05) is 32.8 Å². The third-order valence-electron chi connectivity index (χ3n) is 3.90. The molecule has 0 spiro atoms. The van der Waals surface area contributed by atoms with Crippen LogP contribution in [0, 0.1) is 11.7 Å². The van der Waals surface area contributed by atoms with E-state index in [-0.39, 0.29) is 17.5 Å². The molecule has 0 aromatic heterocycles. The Morgan fingerprint density at radius 3 is 2.82 bits per heavy atom. The van der Waals surface area contributed by atoms with Gasteiger partial charge < -0.3 is 15.0 Å². The molecule has 1 amide bonds. The van der Waals surface area contributed by atoms with Gasteiger partial charge in [0.15, 0.2) is 6.61 Å². The standard InChI is InChI=1S/C16H22ClFN2O2/c1-2-19-10-12-5-7-20(8-6-12)16(21)11-22-13-3-4-15(18)14(17)9-13/h3-4,9,12,19H,2,5-8,10-11H2,1H3. The first-order valence-corrected chi connectivity index (χ1v) is 8.04. The third kappa shape index (κ3) is 4.85. The van der Waals surface area contributed by atoms with E-state index in [4.69, 9.17) is 16.3 Å². The van der Waals surface area contributed by atoms with E-state index in [0.29, 0.717) is 11.7 Å². The number of halogens is 2. The molecule has 4 nitrogen and oxygen atoms in total. The zero-order valence-corrected chi connectivity index (χ0v) is 13.5. The molecule has 0 saturated carbocycles. The van der Waals surface area contributed by atoms with Crippen molar-refractivity contribution < 1.29 is 13.9 Å². The Hall–Kier alpha value is -1.33. The monoisotopic (exact) mass is 328 g/mol. The average molecular weight is 329 g/mol. The largest absolute Gasteiger partial charge is 0.484 e. The highest BCUT2D eigenvalue weighted by Crippen LogP contribution is 2.21. The Kier molecular flexibility index (Phi) is 6.46. The number of carbonyl (C=O) groups is 1. The van der Waals surface area contributed by atoms with E-state index in [1.54, 1.807) is 0 Å². The second kappa shape index (κ2) is 8.34. The molecular formula is C16H22ClFN2O2. The zero-order valence-electron chi connectivity index (χ0n) is 12.8. The van der Waals surface area contributed by atoms with Gasteiger partial charge in [0.05, 0.1) is 5.02 Å². The van der Waals surface area contributed by atoms with E-state index in [9.17, 15) is 9.18 Å². The minimum atomic E-state index is -0.497. The summed E-state index contributed by atoms with van der Waals surface area (Å²) in [6.07, 6.45) is 2.03. The lowest BCUT2D eigenvalue weighted by atomic mass is 9.97. The summed E-state index contributed by atoms with van der Waals surface area (Å²) in [4.78, 5) is 13.9. The maximum absolute atomic E-state index is 13.0. The third-order valence-corrected chi connectivity index (χ3v) is 4.19. The fourth-order valence-corrected chi connectivity index (χ4v) is 2.71. The lowest BCUT2D eigenvalue weighted by molar-refractivity contribution is -0.134. The molecular weight excluding hydrogens is 307 g/mol. The van der Waals surface area contributed by atoms with Crippen LogP contribution in [-0.2, 0) is 4.79 Å². The summed E-state index contributed by atoms with van der Waals surface area (Å²) in [6.45, 7) is 5.58. The van der Waals surface area contributed by atoms with Crippen LogP contribution in [0.4, 0.5) is 4.39 Å². The minimum Gasteiger partial charge on any atom is -0.484 e. The van der Waals surface area contributed by atoms with Crippen molar-refractivity contribution in [2.24, 2.45) is 5.92 Å². The molecule has 1 aromatic carbocycles. The van der Waals surface area contributed by atoms with Gasteiger partial charge in [-0.2, -0.15) is 0 Å². The van der Waals surface area contributed by atoms with Gasteiger partial charge >= 0.3 is 0 Å². The number of ether oxygens (including phenoxy) is 1. The van der Waals surface area contributed by atoms with Gasteiger partial charge in [0, 0.05) is 19.2 Å². The zero-order chi connectivity index (χ0) is 15.9. The number of rotatable bonds is 6. The van der Waals surface area contributed by atoms with Crippen molar-refractivity contribution in [1.82, 2.24) is 10.2 Å². The van der Waals surface area contributed by atoms with Crippen LogP contribution < -0.4 is 10.1 Å². The van der Waals surface area contributed by atoms with Gasteiger partial charge in [-0.25, -0.2) is 4.39 Å². The van der Waals surface area contributed by atoms with Crippen LogP contribution in [0.25, 0.3) is 0 Å². The smallest absolute Gasteiger partial charge is 0.260 e. The molecule has 1 aliphatic rings. The molecule has 0 aliphatic carbocycles. The quantitative estimate of drug-likeness (QED) is 0.873. The fraction of sp³-hybridized carbons (Fsp3) is 0.562. The van der Waals surface area contributed by atoms with Crippen LogP contribution in [0.15, 0.2) is 18.2 Å². The summed E-state index contributed by atoms with van der Waals surface area (Å²) in [5, 5.41) is 3.34. The number of benzene rings is 1. The van der Waals surface area contributed by atoms with Crippen molar-refractivity contribution >= 4 is 17.5 Å². The molecule has 0 radical (unpaired) electrons. The molecule has 6 heteroatoms. The van der Waals surface area contributed by atoms with E-state index < -0.39 is 5.82 Å². The SMILES string of the molecule is CCNCC1CCN(C(=O)COc2ccc(F)c(Cl)c2)CC1. The summed E-state index contributed by atoms with van der Waals surface area (Å²) >= 11 is 5.68. The van der Waals surface area contributed by atoms with Gasteiger partial charge in [-0.15, -0.1) is 0 Å². The molecule has 22 heavy (non-hydrogen) atoms. The molecule has 1 aromatic rings. The second-order valence-corrected chi connectivity index (χ2v) is 5.90. The fourth-order valence-electron chi connectivity index (χ4n) is 2.54. The molecule has 1 heterocycles. The van der Waals surface area contributed by atoms with Crippen LogP contribution in [0.3, 0.4) is 0 Å². The van der Waals surface area contributed by atoms with Crippen molar-refractivity contribution in [1.29, 1.82) is 0 Å². The van der Waals surface area contributed by atoms with Gasteiger partial charge in [-0.3, -0.25) is 4.79 Å². The molecule has 2 rings (SSSR count). The van der Waals surface area contributed by atoms with Gasteiger partial charge in [0.25, 0.3) is 5.91 Å². The summed E-state index contributed by atoms with van der Waals surface area (Å²) in [5.74, 6) is 0.507. The second-order valence-electron chi connectivity index (χ2n) is 5.50. The first kappa shape index (κ1) is 17.0. The van der Waals surface area contributed by atoms with Gasteiger partial charge in [0.1, 0.15) is 11.6 Å². The van der Waals surface area contributed by atoms with E-state index in [0.717, 1.165) is 39.0 Å². The number of carbonyl (C=O) groups excluding carboxylic acids is 1. The summed E-state index contributed by atoms with van der Waals surface area (Å²) in [6, 6.07) is 4.08. The Bertz CT molecular complexity index is 505. The molecule has 0 atom stereocenters. The summed E-state index contributed by atoms with van der Waals surface area (Å²) in [5.41, 5.74) is 0. The average Bonchev–Trinajstić information content (AvgIpc) is 2.54. The van der Waals surface area contributed by atoms with Crippen molar-refractivity contribution in [3.05, 3.63) is 29.0 Å². The van der Waals surface area contributed by atoms with E-state index >= 15 is 0 Å². The van der Waals surface area contributed by atoms with E-state index in [1.165, 1.54) is 18.2 Å². The van der Waals surface area contributed by atoms with Crippen molar-refractivity contribution in [3.8, 4) is 5.75 Å². The van der Waals surface area contributed by atoms with Crippen molar-refractivity contribution in [3.63, 3.8) is 0 Å².